The maximum absolute atomic E-state index is 8.78. The molecule has 100 valence electrons. The second-order valence-electron chi connectivity index (χ2n) is 4.89. The Kier molecular flexibility index (Phi) is 5.02. The van der Waals surface area contributed by atoms with Crippen molar-refractivity contribution in [3.8, 4) is 5.75 Å². The molecule has 1 aliphatic rings. The van der Waals surface area contributed by atoms with Gasteiger partial charge < -0.3 is 15.2 Å². The smallest absolute Gasteiger partial charge is 0.119 e. The fourth-order valence-electron chi connectivity index (χ4n) is 2.63. The zero-order valence-electron chi connectivity index (χ0n) is 11.1. The first-order valence-corrected chi connectivity index (χ1v) is 6.86. The first-order valence-electron chi connectivity index (χ1n) is 6.86. The summed E-state index contributed by atoms with van der Waals surface area (Å²) < 4.78 is 5.31. The molecule has 0 saturated carbocycles. The van der Waals surface area contributed by atoms with Crippen molar-refractivity contribution in [2.24, 2.45) is 0 Å². The summed E-state index contributed by atoms with van der Waals surface area (Å²) in [5, 5.41) is 12.4. The van der Waals surface area contributed by atoms with E-state index in [2.05, 4.69) is 17.4 Å². The van der Waals surface area contributed by atoms with E-state index in [1.807, 2.05) is 6.07 Å². The van der Waals surface area contributed by atoms with Crippen LogP contribution in [0, 0.1) is 0 Å². The van der Waals surface area contributed by atoms with Crippen molar-refractivity contribution < 1.29 is 9.84 Å². The molecular weight excluding hydrogens is 226 g/mol. The summed E-state index contributed by atoms with van der Waals surface area (Å²) in [5.74, 6) is 0.942. The summed E-state index contributed by atoms with van der Waals surface area (Å²) in [6, 6.07) is 6.85. The molecule has 1 atom stereocenters. The standard InChI is InChI=1S/C15H23NO2/c1-18-13-8-7-12-5-4-6-15(14(12)11-13)16-9-2-3-10-17/h7-8,11,15-17H,2-6,9-10H2,1H3. The maximum atomic E-state index is 8.78. The molecule has 3 nitrogen and oxygen atoms in total. The van der Waals surface area contributed by atoms with E-state index in [1.165, 1.54) is 30.4 Å². The molecule has 1 unspecified atom stereocenters. The van der Waals surface area contributed by atoms with Gasteiger partial charge in [0, 0.05) is 12.6 Å². The summed E-state index contributed by atoms with van der Waals surface area (Å²) in [6.07, 6.45) is 5.53. The van der Waals surface area contributed by atoms with Gasteiger partial charge in [-0.2, -0.15) is 0 Å². The van der Waals surface area contributed by atoms with Crippen LogP contribution in [0.5, 0.6) is 5.75 Å². The first kappa shape index (κ1) is 13.4. The Balaban J connectivity index is 2.01. The second kappa shape index (κ2) is 6.76. The van der Waals surface area contributed by atoms with E-state index in [0.717, 1.165) is 25.1 Å². The second-order valence-corrected chi connectivity index (χ2v) is 4.89. The lowest BCUT2D eigenvalue weighted by Gasteiger charge is -2.27. The zero-order valence-corrected chi connectivity index (χ0v) is 11.1. The maximum Gasteiger partial charge on any atom is 0.119 e. The highest BCUT2D eigenvalue weighted by Crippen LogP contribution is 2.32. The lowest BCUT2D eigenvalue weighted by atomic mass is 9.87. The van der Waals surface area contributed by atoms with Gasteiger partial charge in [-0.3, -0.25) is 0 Å². The van der Waals surface area contributed by atoms with E-state index >= 15 is 0 Å². The molecular formula is C15H23NO2. The third-order valence-corrected chi connectivity index (χ3v) is 3.64. The number of aliphatic hydroxyl groups excluding tert-OH is 1. The van der Waals surface area contributed by atoms with E-state index in [-0.39, 0.29) is 6.61 Å². The van der Waals surface area contributed by atoms with E-state index in [1.54, 1.807) is 7.11 Å². The number of unbranched alkanes of at least 4 members (excludes halogenated alkanes) is 1. The highest BCUT2D eigenvalue weighted by Gasteiger charge is 2.19. The molecule has 0 aliphatic heterocycles. The van der Waals surface area contributed by atoms with Crippen molar-refractivity contribution in [2.45, 2.75) is 38.1 Å². The number of rotatable bonds is 6. The van der Waals surface area contributed by atoms with E-state index in [4.69, 9.17) is 9.84 Å². The molecule has 1 aromatic carbocycles. The molecule has 2 rings (SSSR count). The summed E-state index contributed by atoms with van der Waals surface area (Å²) in [7, 11) is 1.72. The fraction of sp³-hybridized carbons (Fsp3) is 0.600. The largest absolute Gasteiger partial charge is 0.497 e. The van der Waals surface area contributed by atoms with Crippen molar-refractivity contribution in [1.82, 2.24) is 5.32 Å². The molecule has 0 amide bonds. The topological polar surface area (TPSA) is 41.5 Å². The molecule has 0 spiro atoms. The minimum Gasteiger partial charge on any atom is -0.497 e. The molecule has 1 aromatic rings. The number of benzene rings is 1. The molecule has 0 fully saturated rings. The molecule has 2 N–H and O–H groups in total. The number of fused-ring (bicyclic) bond motifs is 1. The third-order valence-electron chi connectivity index (χ3n) is 3.64. The van der Waals surface area contributed by atoms with Crippen LogP contribution in [-0.2, 0) is 6.42 Å². The van der Waals surface area contributed by atoms with Crippen molar-refractivity contribution in [1.29, 1.82) is 0 Å². The minimum absolute atomic E-state index is 0.288. The molecule has 0 radical (unpaired) electrons. The normalized spacial score (nSPS) is 18.4. The number of nitrogens with one attached hydrogen (secondary N) is 1. The summed E-state index contributed by atoms with van der Waals surface area (Å²) >= 11 is 0. The predicted octanol–water partition coefficient (Wildman–Crippen LogP) is 2.43. The van der Waals surface area contributed by atoms with E-state index in [9.17, 15) is 0 Å². The number of aryl methyl sites for hydroxylation is 1. The Bertz CT molecular complexity index is 379. The van der Waals surface area contributed by atoms with Crippen LogP contribution >= 0.6 is 0 Å². The molecule has 3 heteroatoms. The predicted molar refractivity (Wildman–Crippen MR) is 73.0 cm³/mol. The van der Waals surface area contributed by atoms with Gasteiger partial charge in [0.15, 0.2) is 0 Å². The van der Waals surface area contributed by atoms with Gasteiger partial charge in [-0.25, -0.2) is 0 Å². The van der Waals surface area contributed by atoms with Gasteiger partial charge in [0.1, 0.15) is 5.75 Å². The quantitative estimate of drug-likeness (QED) is 0.761. The minimum atomic E-state index is 0.288. The van der Waals surface area contributed by atoms with Crippen LogP contribution in [0.2, 0.25) is 0 Å². The average Bonchev–Trinajstić information content (AvgIpc) is 2.43. The summed E-state index contributed by atoms with van der Waals surface area (Å²) in [5.41, 5.74) is 2.84. The van der Waals surface area contributed by atoms with Gasteiger partial charge in [-0.1, -0.05) is 6.07 Å². The van der Waals surface area contributed by atoms with Gasteiger partial charge in [0.05, 0.1) is 7.11 Å². The van der Waals surface area contributed by atoms with E-state index < -0.39 is 0 Å². The molecule has 0 bridgehead atoms. The first-order chi connectivity index (χ1) is 8.85. The molecule has 0 aromatic heterocycles. The number of ether oxygens (including phenoxy) is 1. The third kappa shape index (κ3) is 3.24. The van der Waals surface area contributed by atoms with Gasteiger partial charge >= 0.3 is 0 Å². The monoisotopic (exact) mass is 249 g/mol. The van der Waals surface area contributed by atoms with E-state index in [0.29, 0.717) is 6.04 Å². The molecule has 0 heterocycles. The average molecular weight is 249 g/mol. The van der Waals surface area contributed by atoms with Crippen LogP contribution in [0.4, 0.5) is 0 Å². The Morgan fingerprint density at radius 1 is 1.39 bits per heavy atom. The van der Waals surface area contributed by atoms with Crippen LogP contribution < -0.4 is 10.1 Å². The number of methoxy groups -OCH3 is 1. The highest BCUT2D eigenvalue weighted by molar-refractivity contribution is 5.39. The van der Waals surface area contributed by atoms with Crippen LogP contribution in [0.15, 0.2) is 18.2 Å². The Morgan fingerprint density at radius 2 is 2.28 bits per heavy atom. The van der Waals surface area contributed by atoms with Crippen LogP contribution in [0.3, 0.4) is 0 Å². The number of hydrogen-bond acceptors (Lipinski definition) is 3. The number of hydrogen-bond donors (Lipinski definition) is 2. The van der Waals surface area contributed by atoms with Gasteiger partial charge in [0.25, 0.3) is 0 Å². The van der Waals surface area contributed by atoms with Crippen LogP contribution in [-0.4, -0.2) is 25.4 Å². The number of aliphatic hydroxyl groups is 1. The Labute approximate surface area is 109 Å². The fourth-order valence-corrected chi connectivity index (χ4v) is 2.63. The SMILES string of the molecule is COc1ccc2c(c1)C(NCCCCO)CCC2. The van der Waals surface area contributed by atoms with Crippen LogP contribution in [0.1, 0.15) is 42.9 Å². The van der Waals surface area contributed by atoms with Crippen molar-refractivity contribution >= 4 is 0 Å². The van der Waals surface area contributed by atoms with Crippen molar-refractivity contribution in [3.05, 3.63) is 29.3 Å². The lowest BCUT2D eigenvalue weighted by molar-refractivity contribution is 0.282. The summed E-state index contributed by atoms with van der Waals surface area (Å²) in [6.45, 7) is 1.26. The molecule has 1 aliphatic carbocycles. The lowest BCUT2D eigenvalue weighted by Crippen LogP contribution is -2.26. The highest BCUT2D eigenvalue weighted by atomic mass is 16.5. The Morgan fingerprint density at radius 3 is 3.06 bits per heavy atom. The van der Waals surface area contributed by atoms with Crippen LogP contribution in [0.25, 0.3) is 0 Å². The van der Waals surface area contributed by atoms with Gasteiger partial charge in [-0.15, -0.1) is 0 Å². The van der Waals surface area contributed by atoms with Crippen molar-refractivity contribution in [2.75, 3.05) is 20.3 Å². The van der Waals surface area contributed by atoms with Gasteiger partial charge in [-0.05, 0) is 61.9 Å². The van der Waals surface area contributed by atoms with Gasteiger partial charge in [0.2, 0.25) is 0 Å². The Hall–Kier alpha value is -1.06. The summed E-state index contributed by atoms with van der Waals surface area (Å²) in [4.78, 5) is 0. The zero-order chi connectivity index (χ0) is 12.8. The van der Waals surface area contributed by atoms with Crippen molar-refractivity contribution in [3.63, 3.8) is 0 Å². The molecule has 18 heavy (non-hydrogen) atoms. The molecule has 0 saturated heterocycles.